The van der Waals surface area contributed by atoms with Gasteiger partial charge in [0.05, 0.1) is 47.0 Å². The summed E-state index contributed by atoms with van der Waals surface area (Å²) >= 11 is 6.22. The molecule has 0 aromatic carbocycles. The van der Waals surface area contributed by atoms with Gasteiger partial charge in [0, 0.05) is 31.1 Å². The van der Waals surface area contributed by atoms with Crippen LogP contribution in [0.1, 0.15) is 21.6 Å². The van der Waals surface area contributed by atoms with Gasteiger partial charge in [0.25, 0.3) is 5.91 Å². The molecule has 1 amide bonds. The number of hydrogen-bond acceptors (Lipinski definition) is 9. The highest BCUT2D eigenvalue weighted by atomic mass is 35.5. The first-order valence-corrected chi connectivity index (χ1v) is 11.1. The Morgan fingerprint density at radius 2 is 2.03 bits per heavy atom. The van der Waals surface area contributed by atoms with Crippen LogP contribution in [-0.2, 0) is 6.18 Å². The molecule has 0 atom stereocenters. The van der Waals surface area contributed by atoms with Gasteiger partial charge in [-0.2, -0.15) is 28.5 Å². The van der Waals surface area contributed by atoms with Crippen molar-refractivity contribution >= 4 is 41.0 Å². The molecule has 0 saturated carbocycles. The highest BCUT2D eigenvalue weighted by Crippen LogP contribution is 2.36. The average molecular weight is 522 g/mol. The van der Waals surface area contributed by atoms with Crippen LogP contribution in [-0.4, -0.2) is 62.7 Å². The van der Waals surface area contributed by atoms with Crippen molar-refractivity contribution < 1.29 is 23.1 Å². The molecule has 3 N–H and O–H groups in total. The molecule has 2 aliphatic rings. The number of nitrogens with zero attached hydrogens (tertiary/aromatic N) is 7. The second-order valence-corrected chi connectivity index (χ2v) is 8.52. The van der Waals surface area contributed by atoms with Crippen LogP contribution in [0.25, 0.3) is 5.69 Å². The molecule has 3 aromatic rings. The molecule has 15 heteroatoms. The summed E-state index contributed by atoms with van der Waals surface area (Å²) in [5.41, 5.74) is 1.60. The number of hydrazine groups is 1. The molecule has 188 valence electrons. The minimum absolute atomic E-state index is 0.0940. The van der Waals surface area contributed by atoms with Gasteiger partial charge in [-0.05, 0) is 19.1 Å². The van der Waals surface area contributed by atoms with Crippen LogP contribution in [0, 0.1) is 6.92 Å². The lowest BCUT2D eigenvalue weighted by molar-refractivity contribution is -0.143. The summed E-state index contributed by atoms with van der Waals surface area (Å²) in [6.07, 6.45) is -0.338. The largest absolute Gasteiger partial charge is 0.434 e. The molecule has 2 aliphatic heterocycles. The molecule has 1 saturated heterocycles. The Labute approximate surface area is 207 Å². The first-order valence-electron chi connectivity index (χ1n) is 10.7. The lowest BCUT2D eigenvalue weighted by atomic mass is 10.1. The quantitative estimate of drug-likeness (QED) is 0.467. The van der Waals surface area contributed by atoms with Crippen molar-refractivity contribution in [1.29, 1.82) is 0 Å². The van der Waals surface area contributed by atoms with Gasteiger partial charge in [0.2, 0.25) is 0 Å². The monoisotopic (exact) mass is 521 g/mol. The molecule has 3 aromatic heterocycles. The van der Waals surface area contributed by atoms with Crippen LogP contribution in [0.2, 0.25) is 5.02 Å². The topological polar surface area (TPSA) is 124 Å². The van der Waals surface area contributed by atoms with E-state index in [-0.39, 0.29) is 22.2 Å². The zero-order chi connectivity index (χ0) is 25.6. The average Bonchev–Trinajstić information content (AvgIpc) is 3.48. The highest BCUT2D eigenvalue weighted by molar-refractivity contribution is 6.33. The van der Waals surface area contributed by atoms with Crippen molar-refractivity contribution in [2.45, 2.75) is 19.2 Å². The molecule has 0 aliphatic carbocycles. The van der Waals surface area contributed by atoms with E-state index in [1.165, 1.54) is 29.6 Å². The maximum absolute atomic E-state index is 14.2. The maximum atomic E-state index is 14.2. The minimum Gasteiger partial charge on any atom is -0.389 e. The Kier molecular flexibility index (Phi) is 6.02. The first-order chi connectivity index (χ1) is 17.1. The minimum atomic E-state index is -4.90. The van der Waals surface area contributed by atoms with E-state index in [2.05, 4.69) is 30.9 Å². The zero-order valence-electron chi connectivity index (χ0n) is 18.7. The molecule has 5 heterocycles. The SMILES string of the molecule is Cc1c(-n2ncc(C(=O)Nc3cnc(N4N=CCN4)c(Cl)c3)c2C(F)(F)F)ccnc1N1CC(O)C1. The van der Waals surface area contributed by atoms with Gasteiger partial charge in [-0.15, -0.1) is 0 Å². The van der Waals surface area contributed by atoms with Crippen molar-refractivity contribution in [3.05, 3.63) is 52.6 Å². The van der Waals surface area contributed by atoms with Gasteiger partial charge < -0.3 is 15.3 Å². The number of carbonyl (C=O) groups excluding carboxylic acids is 1. The molecular weight excluding hydrogens is 503 g/mol. The fourth-order valence-electron chi connectivity index (χ4n) is 3.93. The van der Waals surface area contributed by atoms with E-state index in [9.17, 15) is 23.1 Å². The van der Waals surface area contributed by atoms with Gasteiger partial charge in [0.1, 0.15) is 5.82 Å². The number of hydrazone groups is 1. The van der Waals surface area contributed by atoms with Crippen LogP contribution in [0.4, 0.5) is 30.5 Å². The zero-order valence-corrected chi connectivity index (χ0v) is 19.4. The van der Waals surface area contributed by atoms with E-state index >= 15 is 0 Å². The van der Waals surface area contributed by atoms with E-state index in [0.717, 1.165) is 6.20 Å². The number of amides is 1. The number of halogens is 4. The van der Waals surface area contributed by atoms with Crippen molar-refractivity contribution in [1.82, 2.24) is 25.2 Å². The van der Waals surface area contributed by atoms with Gasteiger partial charge in [-0.3, -0.25) is 4.79 Å². The van der Waals surface area contributed by atoms with Gasteiger partial charge in [-0.1, -0.05) is 11.6 Å². The maximum Gasteiger partial charge on any atom is 0.434 e. The number of aliphatic hydroxyl groups excluding tert-OH is 1. The fourth-order valence-corrected chi connectivity index (χ4v) is 4.18. The van der Waals surface area contributed by atoms with Gasteiger partial charge >= 0.3 is 6.18 Å². The number of hydrogen-bond donors (Lipinski definition) is 3. The number of β-amino-alcohol motifs (C(OH)–C–C–N with tert-alkyl or cyclic N) is 1. The van der Waals surface area contributed by atoms with E-state index in [1.807, 2.05) is 0 Å². The molecule has 5 rings (SSSR count). The standard InChI is InChI=1S/C21H19ClF3N9O2/c1-11-16(2-3-26-18(11)32-9-13(35)10-32)33-17(21(23,24)25)14(8-30-33)20(36)31-12-6-15(22)19(27-7-12)34-28-4-5-29-34/h2-4,6-8,13,29,35H,5,9-10H2,1H3,(H,31,36). The molecule has 1 fully saturated rings. The summed E-state index contributed by atoms with van der Waals surface area (Å²) in [5, 5.41) is 21.3. The molecular formula is C21H19ClF3N9O2. The van der Waals surface area contributed by atoms with Crippen molar-refractivity contribution in [3.63, 3.8) is 0 Å². The normalized spacial score (nSPS) is 15.9. The lowest BCUT2D eigenvalue weighted by Gasteiger charge is -2.37. The summed E-state index contributed by atoms with van der Waals surface area (Å²) in [4.78, 5) is 23.0. The summed E-state index contributed by atoms with van der Waals surface area (Å²) in [7, 11) is 0. The Balaban J connectivity index is 1.46. The second kappa shape index (κ2) is 9.04. The number of anilines is 3. The molecule has 0 spiro atoms. The van der Waals surface area contributed by atoms with Crippen LogP contribution in [0.15, 0.2) is 35.8 Å². The van der Waals surface area contributed by atoms with Crippen LogP contribution >= 0.6 is 11.6 Å². The van der Waals surface area contributed by atoms with Crippen molar-refractivity contribution in [2.24, 2.45) is 5.10 Å². The number of carbonyl (C=O) groups is 1. The summed E-state index contributed by atoms with van der Waals surface area (Å²) in [6, 6.07) is 2.74. The third-order valence-corrected chi connectivity index (χ3v) is 5.91. The third kappa shape index (κ3) is 4.34. The summed E-state index contributed by atoms with van der Waals surface area (Å²) in [5.74, 6) is -0.328. The predicted molar refractivity (Wildman–Crippen MR) is 125 cm³/mol. The summed E-state index contributed by atoms with van der Waals surface area (Å²) in [6.45, 7) is 2.75. The van der Waals surface area contributed by atoms with Crippen LogP contribution < -0.4 is 20.8 Å². The number of nitrogens with one attached hydrogen (secondary N) is 2. The number of aliphatic hydroxyl groups is 1. The summed E-state index contributed by atoms with van der Waals surface area (Å²) < 4.78 is 43.2. The molecule has 11 nitrogen and oxygen atoms in total. The van der Waals surface area contributed by atoms with Gasteiger partial charge in [0.15, 0.2) is 11.5 Å². The molecule has 36 heavy (non-hydrogen) atoms. The lowest BCUT2D eigenvalue weighted by Crippen LogP contribution is -2.51. The Bertz CT molecular complexity index is 1350. The Morgan fingerprint density at radius 3 is 2.67 bits per heavy atom. The van der Waals surface area contributed by atoms with E-state index in [1.54, 1.807) is 18.0 Å². The van der Waals surface area contributed by atoms with E-state index < -0.39 is 29.4 Å². The predicted octanol–water partition coefficient (Wildman–Crippen LogP) is 2.39. The highest BCUT2D eigenvalue weighted by Gasteiger charge is 2.41. The molecule has 0 bridgehead atoms. The first kappa shape index (κ1) is 24.0. The van der Waals surface area contributed by atoms with Gasteiger partial charge in [-0.25, -0.2) is 20.1 Å². The number of alkyl halides is 3. The third-order valence-electron chi connectivity index (χ3n) is 5.63. The Morgan fingerprint density at radius 1 is 1.25 bits per heavy atom. The van der Waals surface area contributed by atoms with E-state index in [0.29, 0.717) is 35.7 Å². The number of aromatic nitrogens is 4. The Hall–Kier alpha value is -3.75. The van der Waals surface area contributed by atoms with Crippen LogP contribution in [0.5, 0.6) is 0 Å². The fraction of sp³-hybridized carbons (Fsp3) is 0.286. The van der Waals surface area contributed by atoms with Crippen LogP contribution in [0.3, 0.4) is 0 Å². The van der Waals surface area contributed by atoms with E-state index in [4.69, 9.17) is 11.6 Å². The number of rotatable bonds is 5. The smallest absolute Gasteiger partial charge is 0.389 e. The molecule has 0 radical (unpaired) electrons. The van der Waals surface area contributed by atoms with Crippen molar-refractivity contribution in [2.75, 3.05) is 35.0 Å². The number of pyridine rings is 2. The molecule has 0 unspecified atom stereocenters. The second-order valence-electron chi connectivity index (χ2n) is 8.11. The van der Waals surface area contributed by atoms with Crippen molar-refractivity contribution in [3.8, 4) is 5.69 Å².